The molecule has 2 aliphatic rings. The van der Waals surface area contributed by atoms with Gasteiger partial charge in [-0.15, -0.1) is 0 Å². The minimum atomic E-state index is -3.73. The number of nitrogens with two attached hydrogens (primary N) is 1. The van der Waals surface area contributed by atoms with E-state index in [-0.39, 0.29) is 22.1 Å². The first kappa shape index (κ1) is 23.3. The van der Waals surface area contributed by atoms with Crippen LogP contribution in [0.2, 0.25) is 0 Å². The molecule has 0 radical (unpaired) electrons. The van der Waals surface area contributed by atoms with Gasteiger partial charge in [0.15, 0.2) is 0 Å². The van der Waals surface area contributed by atoms with Crippen molar-refractivity contribution in [1.29, 1.82) is 0 Å². The van der Waals surface area contributed by atoms with E-state index in [9.17, 15) is 18.0 Å². The number of amides is 2. The quantitative estimate of drug-likeness (QED) is 0.668. The third kappa shape index (κ3) is 5.04. The second-order valence-corrected chi connectivity index (χ2v) is 10.4. The number of carbonyl (C=O) groups is 2. The lowest BCUT2D eigenvalue weighted by Gasteiger charge is -2.31. The highest BCUT2D eigenvalue weighted by atomic mass is 32.2. The lowest BCUT2D eigenvalue weighted by Crippen LogP contribution is -2.40. The number of primary amides is 1. The molecule has 2 amide bonds. The molecule has 4 rings (SSSR count). The minimum Gasteiger partial charge on any atom is -0.475 e. The molecule has 0 saturated carbocycles. The summed E-state index contributed by atoms with van der Waals surface area (Å²) in [6, 6.07) is 13.1. The van der Waals surface area contributed by atoms with Gasteiger partial charge in [0.05, 0.1) is 10.5 Å². The smallest absolute Gasteiger partial charge is 0.268 e. The first-order valence-corrected chi connectivity index (χ1v) is 12.8. The Morgan fingerprint density at radius 1 is 0.879 bits per heavy atom. The van der Waals surface area contributed by atoms with Gasteiger partial charge in [-0.3, -0.25) is 9.59 Å². The molecule has 2 heterocycles. The number of hydrogen-bond donors (Lipinski definition) is 1. The van der Waals surface area contributed by atoms with Crippen LogP contribution >= 0.6 is 0 Å². The zero-order valence-electron chi connectivity index (χ0n) is 18.5. The number of piperidine rings is 1. The van der Waals surface area contributed by atoms with Crippen molar-refractivity contribution in [2.24, 2.45) is 5.73 Å². The third-order valence-electron chi connectivity index (χ3n) is 6.16. The maximum Gasteiger partial charge on any atom is 0.268 e. The number of rotatable bonds is 7. The maximum absolute atomic E-state index is 13.4. The average molecular weight is 472 g/mol. The summed E-state index contributed by atoms with van der Waals surface area (Å²) in [6.45, 7) is 2.21. The van der Waals surface area contributed by atoms with E-state index in [0.717, 1.165) is 32.1 Å². The molecule has 8 nitrogen and oxygen atoms in total. The molecular weight excluding hydrogens is 442 g/mol. The highest BCUT2D eigenvalue weighted by Gasteiger charge is 2.32. The molecule has 0 aliphatic carbocycles. The summed E-state index contributed by atoms with van der Waals surface area (Å²) in [5.74, 6) is -0.923. The summed E-state index contributed by atoms with van der Waals surface area (Å²) >= 11 is 0. The van der Waals surface area contributed by atoms with E-state index < -0.39 is 22.0 Å². The van der Waals surface area contributed by atoms with E-state index in [2.05, 4.69) is 0 Å². The molecule has 9 heteroatoms. The molecule has 2 N–H and O–H groups in total. The topological polar surface area (TPSA) is 110 Å². The zero-order valence-corrected chi connectivity index (χ0v) is 19.3. The molecule has 0 aromatic heterocycles. The number of hydrogen-bond acceptors (Lipinski definition) is 5. The van der Waals surface area contributed by atoms with Crippen LogP contribution in [0.1, 0.15) is 54.1 Å². The van der Waals surface area contributed by atoms with Gasteiger partial charge >= 0.3 is 0 Å². The zero-order chi connectivity index (χ0) is 23.4. The Balaban J connectivity index is 1.68. The van der Waals surface area contributed by atoms with Crippen LogP contribution in [0.3, 0.4) is 0 Å². The summed E-state index contributed by atoms with van der Waals surface area (Å²) in [5, 5.41) is 0. The fraction of sp³-hybridized carbons (Fsp3) is 0.417. The predicted octanol–water partition coefficient (Wildman–Crippen LogP) is 2.70. The van der Waals surface area contributed by atoms with Crippen LogP contribution in [0.4, 0.5) is 0 Å². The molecule has 2 aliphatic heterocycles. The Bertz CT molecular complexity index is 1110. The van der Waals surface area contributed by atoms with E-state index in [1.807, 2.05) is 18.2 Å². The summed E-state index contributed by atoms with van der Waals surface area (Å²) in [5.41, 5.74) is 6.17. The van der Waals surface area contributed by atoms with Gasteiger partial charge in [0.25, 0.3) is 11.8 Å². The number of nitrogens with zero attached hydrogens (tertiary/aromatic N) is 2. The van der Waals surface area contributed by atoms with Gasteiger partial charge in [-0.05, 0) is 50.3 Å². The Morgan fingerprint density at radius 3 is 2.15 bits per heavy atom. The lowest BCUT2D eigenvalue weighted by atomic mass is 10.1. The Labute approximate surface area is 194 Å². The fourth-order valence-corrected chi connectivity index (χ4v) is 5.88. The standard InChI is InChI=1S/C24H29N3O5S/c25-23(28)20-17-19(33(30,31)27-15-7-8-16-27)11-12-21(20)32-22(18-9-3-1-4-10-18)24(29)26-13-5-2-6-14-26/h1,3-4,9-12,17,22H,2,5-8,13-16H2,(H2,25,28)/t22-/m1/s1. The van der Waals surface area contributed by atoms with E-state index in [1.165, 1.54) is 22.5 Å². The van der Waals surface area contributed by atoms with E-state index in [1.54, 1.807) is 17.0 Å². The first-order valence-electron chi connectivity index (χ1n) is 11.3. The van der Waals surface area contributed by atoms with Crippen molar-refractivity contribution in [3.63, 3.8) is 0 Å². The fourth-order valence-electron chi connectivity index (χ4n) is 4.34. The van der Waals surface area contributed by atoms with Gasteiger partial charge in [-0.2, -0.15) is 4.31 Å². The van der Waals surface area contributed by atoms with Gasteiger partial charge < -0.3 is 15.4 Å². The molecule has 33 heavy (non-hydrogen) atoms. The largest absolute Gasteiger partial charge is 0.475 e. The Hall–Kier alpha value is -2.91. The lowest BCUT2D eigenvalue weighted by molar-refractivity contribution is -0.140. The van der Waals surface area contributed by atoms with Gasteiger partial charge in [0.2, 0.25) is 16.1 Å². The number of likely N-dealkylation sites (tertiary alicyclic amines) is 1. The van der Waals surface area contributed by atoms with Crippen molar-refractivity contribution in [2.75, 3.05) is 26.2 Å². The molecule has 176 valence electrons. The van der Waals surface area contributed by atoms with Crippen molar-refractivity contribution in [2.45, 2.75) is 43.1 Å². The number of sulfonamides is 1. The van der Waals surface area contributed by atoms with Crippen LogP contribution in [0.5, 0.6) is 5.75 Å². The van der Waals surface area contributed by atoms with Crippen LogP contribution in [0, 0.1) is 0 Å². The van der Waals surface area contributed by atoms with Gasteiger partial charge in [-0.25, -0.2) is 8.42 Å². The number of benzene rings is 2. The molecule has 2 aromatic carbocycles. The third-order valence-corrected chi connectivity index (χ3v) is 8.05. The number of carbonyl (C=O) groups excluding carboxylic acids is 2. The SMILES string of the molecule is NC(=O)c1cc(S(=O)(=O)N2CCCC2)ccc1O[C@@H](C(=O)N1CCCCC1)c1ccccc1. The molecule has 1 atom stereocenters. The van der Waals surface area contributed by atoms with Crippen molar-refractivity contribution in [1.82, 2.24) is 9.21 Å². The van der Waals surface area contributed by atoms with Crippen LogP contribution < -0.4 is 10.5 Å². The summed E-state index contributed by atoms with van der Waals surface area (Å²) in [4.78, 5) is 27.4. The van der Waals surface area contributed by atoms with Gasteiger partial charge in [-0.1, -0.05) is 30.3 Å². The molecule has 2 saturated heterocycles. The second-order valence-electron chi connectivity index (χ2n) is 8.43. The normalized spacial score (nSPS) is 18.1. The van der Waals surface area contributed by atoms with E-state index in [4.69, 9.17) is 10.5 Å². The first-order chi connectivity index (χ1) is 15.9. The van der Waals surface area contributed by atoms with Gasteiger partial charge in [0.1, 0.15) is 5.75 Å². The molecule has 0 bridgehead atoms. The molecule has 2 aromatic rings. The van der Waals surface area contributed by atoms with Crippen molar-refractivity contribution >= 4 is 21.8 Å². The van der Waals surface area contributed by atoms with E-state index in [0.29, 0.717) is 31.7 Å². The van der Waals surface area contributed by atoms with Crippen LogP contribution in [0.15, 0.2) is 53.4 Å². The molecule has 0 spiro atoms. The van der Waals surface area contributed by atoms with E-state index >= 15 is 0 Å². The van der Waals surface area contributed by atoms with Crippen LogP contribution in [-0.4, -0.2) is 55.6 Å². The highest BCUT2D eigenvalue weighted by Crippen LogP contribution is 2.31. The predicted molar refractivity (Wildman–Crippen MR) is 123 cm³/mol. The average Bonchev–Trinajstić information content (AvgIpc) is 3.39. The van der Waals surface area contributed by atoms with Crippen molar-refractivity contribution < 1.29 is 22.7 Å². The number of ether oxygens (including phenoxy) is 1. The Kier molecular flexibility index (Phi) is 6.99. The monoisotopic (exact) mass is 471 g/mol. The second kappa shape index (κ2) is 9.93. The van der Waals surface area contributed by atoms with Gasteiger partial charge in [0, 0.05) is 31.7 Å². The molecule has 0 unspecified atom stereocenters. The van der Waals surface area contributed by atoms with Crippen molar-refractivity contribution in [3.05, 3.63) is 59.7 Å². The Morgan fingerprint density at radius 2 is 1.52 bits per heavy atom. The minimum absolute atomic E-state index is 0.0100. The van der Waals surface area contributed by atoms with Crippen LogP contribution in [0.25, 0.3) is 0 Å². The summed E-state index contributed by atoms with van der Waals surface area (Å²) in [6.07, 6.45) is 3.59. The maximum atomic E-state index is 13.4. The highest BCUT2D eigenvalue weighted by molar-refractivity contribution is 7.89. The molecular formula is C24H29N3O5S. The summed E-state index contributed by atoms with van der Waals surface area (Å²) in [7, 11) is -3.73. The van der Waals surface area contributed by atoms with Crippen LogP contribution in [-0.2, 0) is 14.8 Å². The molecule has 2 fully saturated rings. The van der Waals surface area contributed by atoms with Crippen molar-refractivity contribution in [3.8, 4) is 5.75 Å². The summed E-state index contributed by atoms with van der Waals surface area (Å²) < 4.78 is 33.4.